The Morgan fingerprint density at radius 1 is 1.37 bits per heavy atom. The average Bonchev–Trinajstić information content (AvgIpc) is 3.50. The number of furan rings is 1. The van der Waals surface area contributed by atoms with Gasteiger partial charge in [-0.3, -0.25) is 19.0 Å². The molecule has 1 amide bonds. The van der Waals surface area contributed by atoms with Crippen molar-refractivity contribution in [3.05, 3.63) is 58.8 Å². The second-order valence-electron chi connectivity index (χ2n) is 7.22. The summed E-state index contributed by atoms with van der Waals surface area (Å²) in [7, 11) is 0. The number of carbonyl (C=O) groups excluding carboxylic acids is 3. The molecule has 0 radical (unpaired) electrons. The van der Waals surface area contributed by atoms with Crippen LogP contribution in [-0.4, -0.2) is 45.3 Å². The molecular weight excluding hydrogens is 406 g/mol. The molecule has 4 heterocycles. The fourth-order valence-electron chi connectivity index (χ4n) is 3.67. The third kappa shape index (κ3) is 3.93. The van der Waals surface area contributed by atoms with Crippen LogP contribution in [0.25, 0.3) is 5.13 Å². The SMILES string of the molecule is Cc1cc(C(=O)COC(=O)C2CC(=O)N(Cc3ccco3)C2)c(C)n1-c1nccs1. The number of carbonyl (C=O) groups is 3. The van der Waals surface area contributed by atoms with Crippen molar-refractivity contribution >= 4 is 29.0 Å². The number of ketones is 1. The Hall–Kier alpha value is -3.20. The summed E-state index contributed by atoms with van der Waals surface area (Å²) in [5.74, 6) is -0.874. The van der Waals surface area contributed by atoms with Crippen molar-refractivity contribution in [3.63, 3.8) is 0 Å². The molecule has 1 saturated heterocycles. The van der Waals surface area contributed by atoms with E-state index in [0.717, 1.165) is 16.5 Å². The van der Waals surface area contributed by atoms with E-state index < -0.39 is 11.9 Å². The first-order valence-corrected chi connectivity index (χ1v) is 10.4. The van der Waals surface area contributed by atoms with Crippen LogP contribution in [-0.2, 0) is 20.9 Å². The van der Waals surface area contributed by atoms with Gasteiger partial charge in [-0.1, -0.05) is 0 Å². The number of ether oxygens (including phenoxy) is 1. The summed E-state index contributed by atoms with van der Waals surface area (Å²) < 4.78 is 12.4. The Morgan fingerprint density at radius 3 is 2.90 bits per heavy atom. The molecule has 30 heavy (non-hydrogen) atoms. The molecule has 1 atom stereocenters. The second kappa shape index (κ2) is 8.27. The summed E-state index contributed by atoms with van der Waals surface area (Å²) in [6, 6.07) is 5.30. The summed E-state index contributed by atoms with van der Waals surface area (Å²) in [6.07, 6.45) is 3.32. The zero-order chi connectivity index (χ0) is 21.3. The van der Waals surface area contributed by atoms with Gasteiger partial charge in [0, 0.05) is 41.5 Å². The van der Waals surface area contributed by atoms with Crippen molar-refractivity contribution in [2.24, 2.45) is 5.92 Å². The molecule has 0 aliphatic carbocycles. The lowest BCUT2D eigenvalue weighted by Crippen LogP contribution is -2.27. The smallest absolute Gasteiger partial charge is 0.311 e. The van der Waals surface area contributed by atoms with E-state index in [1.807, 2.05) is 23.8 Å². The Balaban J connectivity index is 1.36. The molecule has 0 N–H and O–H groups in total. The third-order valence-corrected chi connectivity index (χ3v) is 5.92. The molecule has 1 fully saturated rings. The van der Waals surface area contributed by atoms with Crippen LogP contribution in [0.3, 0.4) is 0 Å². The van der Waals surface area contributed by atoms with Crippen LogP contribution in [0.1, 0.15) is 33.9 Å². The van der Waals surface area contributed by atoms with E-state index in [9.17, 15) is 14.4 Å². The molecule has 156 valence electrons. The zero-order valence-corrected chi connectivity index (χ0v) is 17.5. The van der Waals surface area contributed by atoms with Gasteiger partial charge < -0.3 is 14.1 Å². The maximum absolute atomic E-state index is 12.7. The van der Waals surface area contributed by atoms with E-state index in [1.54, 1.807) is 35.6 Å². The Labute approximate surface area is 177 Å². The molecule has 0 bridgehead atoms. The van der Waals surface area contributed by atoms with E-state index >= 15 is 0 Å². The predicted octanol–water partition coefficient (Wildman–Crippen LogP) is 2.92. The molecule has 3 aromatic heterocycles. The summed E-state index contributed by atoms with van der Waals surface area (Å²) in [5.41, 5.74) is 2.13. The van der Waals surface area contributed by atoms with Crippen LogP contribution in [0.4, 0.5) is 0 Å². The Bertz CT molecular complexity index is 1070. The van der Waals surface area contributed by atoms with Crippen molar-refractivity contribution in [1.82, 2.24) is 14.5 Å². The number of nitrogens with zero attached hydrogens (tertiary/aromatic N) is 3. The number of esters is 1. The van der Waals surface area contributed by atoms with Gasteiger partial charge in [0.25, 0.3) is 0 Å². The van der Waals surface area contributed by atoms with Gasteiger partial charge in [-0.25, -0.2) is 4.98 Å². The molecule has 8 nitrogen and oxygen atoms in total. The van der Waals surface area contributed by atoms with Crippen molar-refractivity contribution in [3.8, 4) is 5.13 Å². The highest BCUT2D eigenvalue weighted by Gasteiger charge is 2.36. The number of rotatable bonds is 7. The lowest BCUT2D eigenvalue weighted by molar-refractivity contribution is -0.147. The van der Waals surface area contributed by atoms with Crippen LogP contribution in [0, 0.1) is 19.8 Å². The van der Waals surface area contributed by atoms with E-state index in [0.29, 0.717) is 17.9 Å². The van der Waals surface area contributed by atoms with Gasteiger partial charge >= 0.3 is 5.97 Å². The Morgan fingerprint density at radius 2 is 2.20 bits per heavy atom. The van der Waals surface area contributed by atoms with Crippen molar-refractivity contribution in [2.75, 3.05) is 13.2 Å². The predicted molar refractivity (Wildman–Crippen MR) is 108 cm³/mol. The molecule has 1 unspecified atom stereocenters. The minimum Gasteiger partial charge on any atom is -0.467 e. The third-order valence-electron chi connectivity index (χ3n) is 5.16. The standard InChI is InChI=1S/C21H21N3O5S/c1-13-8-17(14(2)24(13)21-22-5-7-30-21)18(25)12-29-20(27)15-9-19(26)23(10-15)11-16-4-3-6-28-16/h3-8,15H,9-12H2,1-2H3. The van der Waals surface area contributed by atoms with Gasteiger partial charge in [0.05, 0.1) is 18.7 Å². The summed E-state index contributed by atoms with van der Waals surface area (Å²) in [4.78, 5) is 43.1. The quantitative estimate of drug-likeness (QED) is 0.425. The number of thiazole rings is 1. The number of amides is 1. The number of hydrogen-bond donors (Lipinski definition) is 0. The molecule has 4 rings (SSSR count). The average molecular weight is 427 g/mol. The Kier molecular flexibility index (Phi) is 5.54. The number of Topliss-reactive ketones (excluding diaryl/α,β-unsaturated/α-hetero) is 1. The minimum atomic E-state index is -0.581. The van der Waals surface area contributed by atoms with Crippen LogP contribution >= 0.6 is 11.3 Å². The highest BCUT2D eigenvalue weighted by molar-refractivity contribution is 7.12. The molecule has 3 aromatic rings. The van der Waals surface area contributed by atoms with Gasteiger partial charge in [0.2, 0.25) is 11.7 Å². The van der Waals surface area contributed by atoms with Gasteiger partial charge in [-0.2, -0.15) is 0 Å². The van der Waals surface area contributed by atoms with Crippen LogP contribution in [0.2, 0.25) is 0 Å². The molecule has 1 aliphatic rings. The van der Waals surface area contributed by atoms with E-state index in [2.05, 4.69) is 4.98 Å². The first-order valence-electron chi connectivity index (χ1n) is 9.53. The number of aryl methyl sites for hydroxylation is 1. The van der Waals surface area contributed by atoms with E-state index in [4.69, 9.17) is 9.15 Å². The summed E-state index contributed by atoms with van der Waals surface area (Å²) >= 11 is 1.48. The molecule has 0 saturated carbocycles. The highest BCUT2D eigenvalue weighted by atomic mass is 32.1. The van der Waals surface area contributed by atoms with Gasteiger partial charge in [-0.05, 0) is 32.0 Å². The second-order valence-corrected chi connectivity index (χ2v) is 8.09. The first kappa shape index (κ1) is 20.1. The normalized spacial score (nSPS) is 16.3. The number of hydrogen-bond acceptors (Lipinski definition) is 7. The van der Waals surface area contributed by atoms with Gasteiger partial charge in [0.1, 0.15) is 5.76 Å². The van der Waals surface area contributed by atoms with Crippen molar-refractivity contribution in [1.29, 1.82) is 0 Å². The lowest BCUT2D eigenvalue weighted by atomic mass is 10.1. The van der Waals surface area contributed by atoms with E-state index in [1.165, 1.54) is 11.3 Å². The van der Waals surface area contributed by atoms with E-state index in [-0.39, 0.29) is 31.3 Å². The number of likely N-dealkylation sites (tertiary alicyclic amines) is 1. The topological polar surface area (TPSA) is 94.6 Å². The highest BCUT2D eigenvalue weighted by Crippen LogP contribution is 2.24. The molecular formula is C21H21N3O5S. The molecule has 1 aliphatic heterocycles. The van der Waals surface area contributed by atoms with Crippen LogP contribution < -0.4 is 0 Å². The maximum atomic E-state index is 12.7. The largest absolute Gasteiger partial charge is 0.467 e. The van der Waals surface area contributed by atoms with Crippen molar-refractivity contribution < 1.29 is 23.5 Å². The number of aromatic nitrogens is 2. The monoisotopic (exact) mass is 427 g/mol. The molecule has 0 aromatic carbocycles. The molecule has 0 spiro atoms. The first-order chi connectivity index (χ1) is 14.4. The van der Waals surface area contributed by atoms with Crippen molar-refractivity contribution in [2.45, 2.75) is 26.8 Å². The summed E-state index contributed by atoms with van der Waals surface area (Å²) in [6.45, 7) is 3.95. The minimum absolute atomic E-state index is 0.0757. The summed E-state index contributed by atoms with van der Waals surface area (Å²) in [5, 5.41) is 2.65. The van der Waals surface area contributed by atoms with Crippen LogP contribution in [0.15, 0.2) is 40.5 Å². The maximum Gasteiger partial charge on any atom is 0.311 e. The lowest BCUT2D eigenvalue weighted by Gasteiger charge is -2.14. The zero-order valence-electron chi connectivity index (χ0n) is 16.7. The van der Waals surface area contributed by atoms with Gasteiger partial charge in [0.15, 0.2) is 11.7 Å². The fourth-order valence-corrected chi connectivity index (χ4v) is 4.42. The van der Waals surface area contributed by atoms with Gasteiger partial charge in [-0.15, -0.1) is 11.3 Å². The molecule has 9 heteroatoms. The fraction of sp³-hybridized carbons (Fsp3) is 0.333. The van der Waals surface area contributed by atoms with Crippen LogP contribution in [0.5, 0.6) is 0 Å².